The van der Waals surface area contributed by atoms with Crippen LogP contribution in [-0.2, 0) is 6.42 Å². The Morgan fingerprint density at radius 1 is 1.40 bits per heavy atom. The van der Waals surface area contributed by atoms with Crippen molar-refractivity contribution in [1.82, 2.24) is 25.6 Å². The molecule has 0 spiro atoms. The van der Waals surface area contributed by atoms with Crippen molar-refractivity contribution in [2.45, 2.75) is 33.1 Å². The molecule has 1 aromatic carbocycles. The Kier molecular flexibility index (Phi) is 5.39. The number of halogens is 1. The van der Waals surface area contributed by atoms with Gasteiger partial charge in [-0.2, -0.15) is 0 Å². The molecule has 1 fully saturated rings. The maximum Gasteiger partial charge on any atom is 0.273 e. The first-order chi connectivity index (χ1) is 12.0. The Hall–Kier alpha value is -1.92. The molecule has 1 aliphatic rings. The molecule has 2 N–H and O–H groups in total. The van der Waals surface area contributed by atoms with Crippen LogP contribution in [0.15, 0.2) is 24.3 Å². The Morgan fingerprint density at radius 2 is 2.16 bits per heavy atom. The number of aromatic nitrogens is 3. The fraction of sp³-hybridized carbons (Fsp3) is 0.500. The first kappa shape index (κ1) is 17.9. The van der Waals surface area contributed by atoms with Crippen molar-refractivity contribution >= 4 is 17.5 Å². The SMILES string of the molecule is CCc1c(C(=O)NCC2(C)CCNCC2)nnn1-c1cccc(Cl)c1. The monoisotopic (exact) mass is 361 g/mol. The van der Waals surface area contributed by atoms with Crippen LogP contribution < -0.4 is 10.6 Å². The van der Waals surface area contributed by atoms with E-state index in [-0.39, 0.29) is 11.3 Å². The summed E-state index contributed by atoms with van der Waals surface area (Å²) in [5.41, 5.74) is 2.12. The minimum atomic E-state index is -0.162. The molecule has 134 valence electrons. The van der Waals surface area contributed by atoms with Gasteiger partial charge in [-0.25, -0.2) is 4.68 Å². The van der Waals surface area contributed by atoms with E-state index in [9.17, 15) is 4.79 Å². The number of rotatable bonds is 5. The summed E-state index contributed by atoms with van der Waals surface area (Å²) in [4.78, 5) is 12.7. The molecule has 1 amide bonds. The third kappa shape index (κ3) is 4.02. The van der Waals surface area contributed by atoms with E-state index in [0.717, 1.165) is 37.3 Å². The van der Waals surface area contributed by atoms with Gasteiger partial charge in [0.2, 0.25) is 0 Å². The first-order valence-electron chi connectivity index (χ1n) is 8.72. The number of nitrogens with one attached hydrogen (secondary N) is 2. The molecule has 0 unspecified atom stereocenters. The van der Waals surface area contributed by atoms with E-state index in [1.807, 2.05) is 25.1 Å². The summed E-state index contributed by atoms with van der Waals surface area (Å²) in [6.07, 6.45) is 2.77. The maximum absolute atomic E-state index is 12.7. The van der Waals surface area contributed by atoms with E-state index in [1.165, 1.54) is 0 Å². The molecule has 0 saturated carbocycles. The molecule has 1 saturated heterocycles. The topological polar surface area (TPSA) is 71.8 Å². The lowest BCUT2D eigenvalue weighted by atomic mass is 9.81. The lowest BCUT2D eigenvalue weighted by molar-refractivity contribution is 0.0916. The van der Waals surface area contributed by atoms with Gasteiger partial charge in [-0.15, -0.1) is 5.10 Å². The van der Waals surface area contributed by atoms with Crippen LogP contribution in [0.25, 0.3) is 5.69 Å². The Morgan fingerprint density at radius 3 is 2.84 bits per heavy atom. The third-order valence-corrected chi connectivity index (χ3v) is 5.09. The summed E-state index contributed by atoms with van der Waals surface area (Å²) in [6.45, 7) is 6.86. The van der Waals surface area contributed by atoms with E-state index in [4.69, 9.17) is 11.6 Å². The highest BCUT2D eigenvalue weighted by Crippen LogP contribution is 2.27. The van der Waals surface area contributed by atoms with Crippen LogP contribution in [-0.4, -0.2) is 40.5 Å². The predicted molar refractivity (Wildman–Crippen MR) is 98.3 cm³/mol. The second kappa shape index (κ2) is 7.54. The van der Waals surface area contributed by atoms with Crippen LogP contribution in [0, 0.1) is 5.41 Å². The smallest absolute Gasteiger partial charge is 0.273 e. The maximum atomic E-state index is 12.7. The molecule has 2 aromatic rings. The average Bonchev–Trinajstić information content (AvgIpc) is 3.04. The molecule has 1 aliphatic heterocycles. The molecule has 0 atom stereocenters. The van der Waals surface area contributed by atoms with E-state index in [2.05, 4.69) is 27.9 Å². The number of nitrogens with zero attached hydrogens (tertiary/aromatic N) is 3. The highest BCUT2D eigenvalue weighted by molar-refractivity contribution is 6.30. The van der Waals surface area contributed by atoms with Gasteiger partial charge >= 0.3 is 0 Å². The minimum Gasteiger partial charge on any atom is -0.350 e. The minimum absolute atomic E-state index is 0.135. The van der Waals surface area contributed by atoms with Crippen molar-refractivity contribution in [3.05, 3.63) is 40.7 Å². The molecular weight excluding hydrogens is 338 g/mol. The van der Waals surface area contributed by atoms with E-state index in [1.54, 1.807) is 10.7 Å². The molecule has 6 nitrogen and oxygen atoms in total. The highest BCUT2D eigenvalue weighted by Gasteiger charge is 2.28. The fourth-order valence-corrected chi connectivity index (χ4v) is 3.38. The highest BCUT2D eigenvalue weighted by atomic mass is 35.5. The molecule has 0 radical (unpaired) electrons. The number of piperidine rings is 1. The van der Waals surface area contributed by atoms with Crippen LogP contribution in [0.4, 0.5) is 0 Å². The van der Waals surface area contributed by atoms with Crippen LogP contribution in [0.2, 0.25) is 5.02 Å². The normalized spacial score (nSPS) is 16.6. The van der Waals surface area contributed by atoms with Crippen molar-refractivity contribution in [2.24, 2.45) is 5.41 Å². The Bertz CT molecular complexity index is 752. The van der Waals surface area contributed by atoms with Crippen LogP contribution >= 0.6 is 11.6 Å². The summed E-state index contributed by atoms with van der Waals surface area (Å²) in [6, 6.07) is 7.38. The van der Waals surface area contributed by atoms with Gasteiger partial charge in [0, 0.05) is 11.6 Å². The lowest BCUT2D eigenvalue weighted by Gasteiger charge is -2.34. The van der Waals surface area contributed by atoms with Gasteiger partial charge in [-0.1, -0.05) is 36.7 Å². The zero-order valence-corrected chi connectivity index (χ0v) is 15.4. The summed E-state index contributed by atoms with van der Waals surface area (Å²) in [7, 11) is 0. The zero-order chi connectivity index (χ0) is 17.9. The summed E-state index contributed by atoms with van der Waals surface area (Å²) in [5.74, 6) is -0.162. The van der Waals surface area contributed by atoms with Crippen LogP contribution in [0.5, 0.6) is 0 Å². The van der Waals surface area contributed by atoms with E-state index < -0.39 is 0 Å². The Labute approximate surface area is 152 Å². The molecule has 25 heavy (non-hydrogen) atoms. The number of carbonyl (C=O) groups is 1. The first-order valence-corrected chi connectivity index (χ1v) is 9.10. The summed E-state index contributed by atoms with van der Waals surface area (Å²) < 4.78 is 1.69. The number of hydrogen-bond acceptors (Lipinski definition) is 4. The number of hydrogen-bond donors (Lipinski definition) is 2. The number of amides is 1. The number of carbonyl (C=O) groups excluding carboxylic acids is 1. The summed E-state index contributed by atoms with van der Waals surface area (Å²) >= 11 is 6.06. The lowest BCUT2D eigenvalue weighted by Crippen LogP contribution is -2.43. The van der Waals surface area contributed by atoms with Gasteiger partial charge in [-0.3, -0.25) is 4.79 Å². The number of benzene rings is 1. The van der Waals surface area contributed by atoms with E-state index >= 15 is 0 Å². The third-order valence-electron chi connectivity index (χ3n) is 4.85. The fourth-order valence-electron chi connectivity index (χ4n) is 3.19. The molecule has 7 heteroatoms. The van der Waals surface area contributed by atoms with Gasteiger partial charge in [0.25, 0.3) is 5.91 Å². The largest absolute Gasteiger partial charge is 0.350 e. The van der Waals surface area contributed by atoms with Gasteiger partial charge in [-0.05, 0) is 56.0 Å². The Balaban J connectivity index is 1.77. The van der Waals surface area contributed by atoms with Gasteiger partial charge in [0.15, 0.2) is 5.69 Å². The quantitative estimate of drug-likeness (QED) is 0.858. The predicted octanol–water partition coefficient (Wildman–Crippen LogP) is 2.60. The van der Waals surface area contributed by atoms with Crippen molar-refractivity contribution in [3.63, 3.8) is 0 Å². The van der Waals surface area contributed by atoms with Crippen LogP contribution in [0.1, 0.15) is 42.9 Å². The molecular formula is C18H24ClN5O. The molecule has 2 heterocycles. The van der Waals surface area contributed by atoms with Crippen molar-refractivity contribution in [2.75, 3.05) is 19.6 Å². The molecule has 1 aromatic heterocycles. The molecule has 0 aliphatic carbocycles. The van der Waals surface area contributed by atoms with Gasteiger partial charge < -0.3 is 10.6 Å². The zero-order valence-electron chi connectivity index (χ0n) is 14.7. The van der Waals surface area contributed by atoms with Crippen molar-refractivity contribution in [3.8, 4) is 5.69 Å². The van der Waals surface area contributed by atoms with Gasteiger partial charge in [0.05, 0.1) is 11.4 Å². The average molecular weight is 362 g/mol. The molecule has 3 rings (SSSR count). The van der Waals surface area contributed by atoms with Crippen molar-refractivity contribution in [1.29, 1.82) is 0 Å². The van der Waals surface area contributed by atoms with E-state index in [0.29, 0.717) is 23.7 Å². The standard InChI is InChI=1S/C18H24ClN5O/c1-3-15-16(17(25)21-12-18(2)7-9-20-10-8-18)22-23-24(15)14-6-4-5-13(19)11-14/h4-6,11,20H,3,7-10,12H2,1-2H3,(H,21,25). The van der Waals surface area contributed by atoms with Crippen LogP contribution in [0.3, 0.4) is 0 Å². The molecule has 0 bridgehead atoms. The van der Waals surface area contributed by atoms with Gasteiger partial charge in [0.1, 0.15) is 0 Å². The second-order valence-corrected chi connectivity index (χ2v) is 7.31. The summed E-state index contributed by atoms with van der Waals surface area (Å²) in [5, 5.41) is 15.3. The second-order valence-electron chi connectivity index (χ2n) is 6.87. The van der Waals surface area contributed by atoms with Crippen molar-refractivity contribution < 1.29 is 4.79 Å².